The normalized spacial score (nSPS) is 11.4. The van der Waals surface area contributed by atoms with Crippen molar-refractivity contribution in [1.29, 1.82) is 0 Å². The van der Waals surface area contributed by atoms with Crippen molar-refractivity contribution in [3.63, 3.8) is 0 Å². The minimum atomic E-state index is -4.54. The minimum absolute atomic E-state index is 0.166. The van der Waals surface area contributed by atoms with E-state index in [1.165, 1.54) is 0 Å². The van der Waals surface area contributed by atoms with Crippen molar-refractivity contribution < 1.29 is 22.8 Å². The quantitative estimate of drug-likeness (QED) is 0.589. The van der Waals surface area contributed by atoms with E-state index in [-0.39, 0.29) is 11.3 Å². The van der Waals surface area contributed by atoms with Crippen LogP contribution in [0.1, 0.15) is 39.4 Å². The number of halogens is 3. The Bertz CT molecular complexity index is 377. The number of methoxy groups -OCH3 is 1. The van der Waals surface area contributed by atoms with Gasteiger partial charge in [0.15, 0.2) is 6.10 Å². The zero-order chi connectivity index (χ0) is 16.3. The minimum Gasteiger partial charge on any atom is -0.367 e. The van der Waals surface area contributed by atoms with Crippen LogP contribution in [-0.2, 0) is 4.74 Å². The maximum Gasteiger partial charge on any atom is 0.418 e. The average Bonchev–Trinajstić information content (AvgIpc) is 2.43. The SMILES string of the molecule is CC.CC.COC(c1ccc([N+](=O)[O-])cc1)C(F)(F)F. The smallest absolute Gasteiger partial charge is 0.367 e. The van der Waals surface area contributed by atoms with Crippen LogP contribution in [0.2, 0.25) is 0 Å². The lowest BCUT2D eigenvalue weighted by Crippen LogP contribution is -2.22. The third-order valence-electron chi connectivity index (χ3n) is 1.94. The van der Waals surface area contributed by atoms with E-state index in [1.54, 1.807) is 0 Å². The predicted molar refractivity (Wildman–Crippen MR) is 71.6 cm³/mol. The number of hydrogen-bond acceptors (Lipinski definition) is 3. The van der Waals surface area contributed by atoms with Gasteiger partial charge >= 0.3 is 6.18 Å². The van der Waals surface area contributed by atoms with Gasteiger partial charge in [-0.3, -0.25) is 10.1 Å². The third kappa shape index (κ3) is 6.51. The molecule has 20 heavy (non-hydrogen) atoms. The number of non-ortho nitro benzene ring substituents is 1. The molecule has 0 saturated carbocycles. The summed E-state index contributed by atoms with van der Waals surface area (Å²) in [6, 6.07) is 4.07. The lowest BCUT2D eigenvalue weighted by Gasteiger charge is -2.18. The topological polar surface area (TPSA) is 52.4 Å². The lowest BCUT2D eigenvalue weighted by atomic mass is 10.1. The molecule has 0 aromatic heterocycles. The van der Waals surface area contributed by atoms with Gasteiger partial charge < -0.3 is 4.74 Å². The fraction of sp³-hybridized carbons (Fsp3) is 0.538. The van der Waals surface area contributed by atoms with Crippen molar-refractivity contribution in [2.24, 2.45) is 0 Å². The summed E-state index contributed by atoms with van der Waals surface area (Å²) in [5.41, 5.74) is -0.429. The van der Waals surface area contributed by atoms with Crippen LogP contribution in [0.4, 0.5) is 18.9 Å². The summed E-state index contributed by atoms with van der Waals surface area (Å²) in [5.74, 6) is 0. The molecule has 0 amide bonds. The van der Waals surface area contributed by atoms with Crippen LogP contribution in [0.5, 0.6) is 0 Å². The number of nitrogens with zero attached hydrogens (tertiary/aromatic N) is 1. The zero-order valence-corrected chi connectivity index (χ0v) is 12.2. The Morgan fingerprint density at radius 1 is 1.10 bits per heavy atom. The van der Waals surface area contributed by atoms with Crippen LogP contribution in [0.3, 0.4) is 0 Å². The largest absolute Gasteiger partial charge is 0.418 e. The van der Waals surface area contributed by atoms with Crippen molar-refractivity contribution in [1.82, 2.24) is 0 Å². The second kappa shape index (κ2) is 10.2. The van der Waals surface area contributed by atoms with Gasteiger partial charge in [0, 0.05) is 19.2 Å². The standard InChI is InChI=1S/C9H8F3NO3.2C2H6/c1-16-8(9(10,11)12)6-2-4-7(5-3-6)13(14)15;2*1-2/h2-5,8H,1H3;2*1-2H3. The van der Waals surface area contributed by atoms with Gasteiger partial charge in [-0.15, -0.1) is 0 Å². The fourth-order valence-electron chi connectivity index (χ4n) is 1.23. The molecule has 0 saturated heterocycles. The van der Waals surface area contributed by atoms with Crippen LogP contribution in [-0.4, -0.2) is 18.2 Å². The van der Waals surface area contributed by atoms with Gasteiger partial charge in [0.2, 0.25) is 0 Å². The number of rotatable bonds is 3. The van der Waals surface area contributed by atoms with Gasteiger partial charge in [-0.1, -0.05) is 27.7 Å². The highest BCUT2D eigenvalue weighted by Gasteiger charge is 2.41. The first-order valence-corrected chi connectivity index (χ1v) is 6.20. The fourth-order valence-corrected chi connectivity index (χ4v) is 1.23. The number of nitro benzene ring substituents is 1. The summed E-state index contributed by atoms with van der Waals surface area (Å²) < 4.78 is 41.5. The van der Waals surface area contributed by atoms with Gasteiger partial charge in [-0.25, -0.2) is 0 Å². The Balaban J connectivity index is 0. The van der Waals surface area contributed by atoms with E-state index < -0.39 is 17.2 Å². The first-order valence-electron chi connectivity index (χ1n) is 6.20. The molecular weight excluding hydrogens is 275 g/mol. The van der Waals surface area contributed by atoms with E-state index in [2.05, 4.69) is 4.74 Å². The number of benzene rings is 1. The average molecular weight is 295 g/mol. The Labute approximate surface area is 116 Å². The monoisotopic (exact) mass is 295 g/mol. The van der Waals surface area contributed by atoms with Crippen LogP contribution in [0.15, 0.2) is 24.3 Å². The summed E-state index contributed by atoms with van der Waals surface area (Å²) in [5, 5.41) is 10.3. The maximum atomic E-state index is 12.4. The molecule has 1 rings (SSSR count). The van der Waals surface area contributed by atoms with Crippen molar-refractivity contribution in [3.8, 4) is 0 Å². The number of ether oxygens (including phenoxy) is 1. The van der Waals surface area contributed by atoms with Gasteiger partial charge in [0.1, 0.15) is 0 Å². The molecule has 0 heterocycles. The van der Waals surface area contributed by atoms with E-state index in [1.807, 2.05) is 27.7 Å². The first-order chi connectivity index (χ1) is 9.36. The summed E-state index contributed by atoms with van der Waals surface area (Å²) in [7, 11) is 0.930. The molecule has 1 aromatic carbocycles. The van der Waals surface area contributed by atoms with Crippen molar-refractivity contribution in [2.45, 2.75) is 40.0 Å². The van der Waals surface area contributed by atoms with Crippen LogP contribution in [0.25, 0.3) is 0 Å². The maximum absolute atomic E-state index is 12.4. The summed E-state index contributed by atoms with van der Waals surface area (Å²) >= 11 is 0. The predicted octanol–water partition coefficient (Wildman–Crippen LogP) is 4.90. The summed E-state index contributed by atoms with van der Waals surface area (Å²) in [6.07, 6.45) is -6.60. The molecule has 0 aliphatic rings. The highest BCUT2D eigenvalue weighted by Crippen LogP contribution is 2.35. The second-order valence-corrected chi connectivity index (χ2v) is 3.01. The third-order valence-corrected chi connectivity index (χ3v) is 1.94. The Morgan fingerprint density at radius 3 is 1.75 bits per heavy atom. The highest BCUT2D eigenvalue weighted by molar-refractivity contribution is 5.34. The number of alkyl halides is 3. The lowest BCUT2D eigenvalue weighted by molar-refractivity contribution is -0.384. The van der Waals surface area contributed by atoms with Crippen LogP contribution in [0, 0.1) is 10.1 Å². The zero-order valence-electron chi connectivity index (χ0n) is 12.2. The summed E-state index contributed by atoms with van der Waals surface area (Å²) in [4.78, 5) is 9.62. The molecule has 1 atom stereocenters. The Hall–Kier alpha value is -1.63. The van der Waals surface area contributed by atoms with E-state index in [4.69, 9.17) is 0 Å². The Kier molecular flexibility index (Phi) is 10.5. The highest BCUT2D eigenvalue weighted by atomic mass is 19.4. The van der Waals surface area contributed by atoms with Gasteiger partial charge in [-0.05, 0) is 17.7 Å². The molecule has 0 fully saturated rings. The molecule has 116 valence electrons. The Morgan fingerprint density at radius 2 is 1.50 bits per heavy atom. The molecule has 1 unspecified atom stereocenters. The van der Waals surface area contributed by atoms with E-state index >= 15 is 0 Å². The second-order valence-electron chi connectivity index (χ2n) is 3.01. The first kappa shape index (κ1) is 20.7. The molecule has 0 aliphatic heterocycles. The van der Waals surface area contributed by atoms with Crippen molar-refractivity contribution in [2.75, 3.05) is 7.11 Å². The van der Waals surface area contributed by atoms with E-state index in [0.29, 0.717) is 0 Å². The molecular formula is C13H20F3NO3. The van der Waals surface area contributed by atoms with E-state index in [0.717, 1.165) is 31.4 Å². The van der Waals surface area contributed by atoms with Crippen LogP contribution >= 0.6 is 0 Å². The van der Waals surface area contributed by atoms with E-state index in [9.17, 15) is 23.3 Å². The van der Waals surface area contributed by atoms with Crippen LogP contribution < -0.4 is 0 Å². The molecule has 1 aromatic rings. The summed E-state index contributed by atoms with van der Waals surface area (Å²) in [6.45, 7) is 8.00. The molecule has 0 aliphatic carbocycles. The van der Waals surface area contributed by atoms with Gasteiger partial charge in [0.25, 0.3) is 5.69 Å². The number of hydrogen-bond donors (Lipinski definition) is 0. The molecule has 0 bridgehead atoms. The molecule has 0 radical (unpaired) electrons. The van der Waals surface area contributed by atoms with Gasteiger partial charge in [-0.2, -0.15) is 13.2 Å². The molecule has 0 N–H and O–H groups in total. The molecule has 7 heteroatoms. The van der Waals surface area contributed by atoms with Gasteiger partial charge in [0.05, 0.1) is 4.92 Å². The number of nitro groups is 1. The molecule has 4 nitrogen and oxygen atoms in total. The molecule has 0 spiro atoms. The van der Waals surface area contributed by atoms with Crippen molar-refractivity contribution in [3.05, 3.63) is 39.9 Å². The van der Waals surface area contributed by atoms with Crippen molar-refractivity contribution >= 4 is 5.69 Å².